The van der Waals surface area contributed by atoms with Gasteiger partial charge in [0.05, 0.1) is 18.8 Å². The van der Waals surface area contributed by atoms with Gasteiger partial charge in [-0.2, -0.15) is 0 Å². The second-order valence-corrected chi connectivity index (χ2v) is 4.44. The van der Waals surface area contributed by atoms with Gasteiger partial charge in [-0.25, -0.2) is 0 Å². The van der Waals surface area contributed by atoms with Crippen molar-refractivity contribution in [3.05, 3.63) is 0 Å². The van der Waals surface area contributed by atoms with Crippen LogP contribution in [0.4, 0.5) is 0 Å². The maximum Gasteiger partial charge on any atom is 0.0658 e. The van der Waals surface area contributed by atoms with Crippen LogP contribution in [0.15, 0.2) is 0 Å². The fraction of sp³-hybridized carbons (Fsp3) is 1.00. The molecule has 1 heterocycles. The second-order valence-electron chi connectivity index (χ2n) is 4.44. The maximum atomic E-state index is 10.0. The van der Waals surface area contributed by atoms with E-state index in [0.717, 1.165) is 26.2 Å². The topological polar surface area (TPSA) is 41.5 Å². The van der Waals surface area contributed by atoms with Crippen molar-refractivity contribution in [2.24, 2.45) is 5.92 Å². The van der Waals surface area contributed by atoms with E-state index < -0.39 is 5.60 Å². The molecule has 0 amide bonds. The van der Waals surface area contributed by atoms with E-state index in [1.165, 1.54) is 0 Å². The number of morpholine rings is 1. The van der Waals surface area contributed by atoms with Crippen LogP contribution in [0.5, 0.6) is 0 Å². The molecular formula is C10H21NO2. The Morgan fingerprint density at radius 1 is 1.62 bits per heavy atom. The molecule has 3 nitrogen and oxygen atoms in total. The summed E-state index contributed by atoms with van der Waals surface area (Å²) < 4.78 is 5.33. The third kappa shape index (κ3) is 3.25. The lowest BCUT2D eigenvalue weighted by molar-refractivity contribution is -0.0241. The van der Waals surface area contributed by atoms with Crippen molar-refractivity contribution in [3.63, 3.8) is 0 Å². The molecule has 2 atom stereocenters. The number of ether oxygens (including phenoxy) is 1. The van der Waals surface area contributed by atoms with Crippen molar-refractivity contribution in [2.75, 3.05) is 19.8 Å². The highest BCUT2D eigenvalue weighted by Gasteiger charge is 2.29. The third-order valence-electron chi connectivity index (χ3n) is 2.90. The molecule has 0 aromatic carbocycles. The van der Waals surface area contributed by atoms with Gasteiger partial charge in [-0.05, 0) is 19.3 Å². The first-order valence-electron chi connectivity index (χ1n) is 5.06. The van der Waals surface area contributed by atoms with E-state index >= 15 is 0 Å². The van der Waals surface area contributed by atoms with Crippen molar-refractivity contribution >= 4 is 0 Å². The summed E-state index contributed by atoms with van der Waals surface area (Å²) in [6.07, 6.45) is 0.769. The van der Waals surface area contributed by atoms with Gasteiger partial charge in [0.1, 0.15) is 0 Å². The lowest BCUT2D eigenvalue weighted by atomic mass is 9.86. The molecule has 0 saturated carbocycles. The summed E-state index contributed by atoms with van der Waals surface area (Å²) in [5.41, 5.74) is -0.585. The predicted molar refractivity (Wildman–Crippen MR) is 52.7 cm³/mol. The van der Waals surface area contributed by atoms with Gasteiger partial charge in [-0.1, -0.05) is 13.8 Å². The van der Waals surface area contributed by atoms with E-state index in [-0.39, 0.29) is 5.92 Å². The van der Waals surface area contributed by atoms with Gasteiger partial charge in [0.15, 0.2) is 0 Å². The summed E-state index contributed by atoms with van der Waals surface area (Å²) in [6, 6.07) is 0.311. The van der Waals surface area contributed by atoms with Crippen LogP contribution in [0, 0.1) is 5.92 Å². The van der Waals surface area contributed by atoms with Crippen LogP contribution in [0.3, 0.4) is 0 Å². The van der Waals surface area contributed by atoms with Crippen LogP contribution in [-0.2, 0) is 4.74 Å². The van der Waals surface area contributed by atoms with Crippen LogP contribution in [0.1, 0.15) is 27.2 Å². The van der Waals surface area contributed by atoms with E-state index in [0.29, 0.717) is 6.04 Å². The predicted octanol–water partition coefficient (Wildman–Crippen LogP) is 0.772. The minimum absolute atomic E-state index is 0.288. The van der Waals surface area contributed by atoms with Gasteiger partial charge in [-0.3, -0.25) is 0 Å². The first kappa shape index (κ1) is 11.0. The van der Waals surface area contributed by atoms with E-state index in [1.54, 1.807) is 0 Å². The van der Waals surface area contributed by atoms with Crippen molar-refractivity contribution in [1.82, 2.24) is 5.32 Å². The molecular weight excluding hydrogens is 166 g/mol. The Morgan fingerprint density at radius 3 is 2.77 bits per heavy atom. The molecule has 78 valence electrons. The van der Waals surface area contributed by atoms with E-state index in [9.17, 15) is 5.11 Å². The first-order chi connectivity index (χ1) is 6.02. The van der Waals surface area contributed by atoms with E-state index in [1.807, 2.05) is 20.8 Å². The fourth-order valence-electron chi connectivity index (χ4n) is 1.49. The fourth-order valence-corrected chi connectivity index (χ4v) is 1.49. The molecule has 2 unspecified atom stereocenters. The average Bonchev–Trinajstić information content (AvgIpc) is 2.05. The van der Waals surface area contributed by atoms with Gasteiger partial charge < -0.3 is 15.2 Å². The van der Waals surface area contributed by atoms with Crippen LogP contribution >= 0.6 is 0 Å². The molecule has 1 aliphatic rings. The molecule has 0 spiro atoms. The Kier molecular flexibility index (Phi) is 3.71. The summed E-state index contributed by atoms with van der Waals surface area (Å²) in [6.45, 7) is 8.41. The zero-order valence-corrected chi connectivity index (χ0v) is 8.84. The summed E-state index contributed by atoms with van der Waals surface area (Å²) >= 11 is 0. The summed E-state index contributed by atoms with van der Waals surface area (Å²) in [5, 5.41) is 13.4. The van der Waals surface area contributed by atoms with Gasteiger partial charge in [0, 0.05) is 12.6 Å². The zero-order valence-electron chi connectivity index (χ0n) is 8.84. The Bertz CT molecular complexity index is 151. The van der Waals surface area contributed by atoms with Crippen molar-refractivity contribution in [3.8, 4) is 0 Å². The van der Waals surface area contributed by atoms with Gasteiger partial charge in [0.2, 0.25) is 0 Å². The zero-order chi connectivity index (χ0) is 9.90. The number of nitrogens with one attached hydrogen (secondary N) is 1. The second kappa shape index (κ2) is 4.40. The highest BCUT2D eigenvalue weighted by Crippen LogP contribution is 2.22. The molecule has 0 aliphatic carbocycles. The van der Waals surface area contributed by atoms with Gasteiger partial charge >= 0.3 is 0 Å². The number of hydrogen-bond acceptors (Lipinski definition) is 3. The standard InChI is InChI=1S/C10H21NO2/c1-8(2)10(3,12)6-9-7-13-5-4-11-9/h8-9,11-12H,4-7H2,1-3H3. The molecule has 1 rings (SSSR count). The first-order valence-corrected chi connectivity index (χ1v) is 5.06. The minimum atomic E-state index is -0.585. The van der Waals surface area contributed by atoms with Crippen LogP contribution in [0.2, 0.25) is 0 Å². The molecule has 0 aromatic heterocycles. The molecule has 0 aromatic rings. The molecule has 2 N–H and O–H groups in total. The smallest absolute Gasteiger partial charge is 0.0658 e. The van der Waals surface area contributed by atoms with Gasteiger partial charge in [0.25, 0.3) is 0 Å². The normalized spacial score (nSPS) is 28.8. The highest BCUT2D eigenvalue weighted by molar-refractivity contribution is 4.84. The Hall–Kier alpha value is -0.120. The summed E-state index contributed by atoms with van der Waals surface area (Å²) in [7, 11) is 0. The average molecular weight is 187 g/mol. The van der Waals surface area contributed by atoms with Crippen LogP contribution < -0.4 is 5.32 Å². The Balaban J connectivity index is 2.37. The van der Waals surface area contributed by atoms with E-state index in [2.05, 4.69) is 5.32 Å². The highest BCUT2D eigenvalue weighted by atomic mass is 16.5. The SMILES string of the molecule is CC(C)C(C)(O)CC1COCCN1. The lowest BCUT2D eigenvalue weighted by Crippen LogP contribution is -2.47. The summed E-state index contributed by atoms with van der Waals surface area (Å²) in [4.78, 5) is 0. The molecule has 13 heavy (non-hydrogen) atoms. The monoisotopic (exact) mass is 187 g/mol. The summed E-state index contributed by atoms with van der Waals surface area (Å²) in [5.74, 6) is 0.288. The molecule has 1 aliphatic heterocycles. The quantitative estimate of drug-likeness (QED) is 0.686. The van der Waals surface area contributed by atoms with Crippen molar-refractivity contribution < 1.29 is 9.84 Å². The third-order valence-corrected chi connectivity index (χ3v) is 2.90. The van der Waals surface area contributed by atoms with Crippen molar-refractivity contribution in [1.29, 1.82) is 0 Å². The van der Waals surface area contributed by atoms with Crippen LogP contribution in [-0.4, -0.2) is 36.5 Å². The Morgan fingerprint density at radius 2 is 2.31 bits per heavy atom. The van der Waals surface area contributed by atoms with Crippen LogP contribution in [0.25, 0.3) is 0 Å². The Labute approximate surface area is 80.5 Å². The molecule has 1 saturated heterocycles. The largest absolute Gasteiger partial charge is 0.390 e. The van der Waals surface area contributed by atoms with Crippen molar-refractivity contribution in [2.45, 2.75) is 38.8 Å². The number of aliphatic hydroxyl groups is 1. The molecule has 3 heteroatoms. The number of hydrogen-bond donors (Lipinski definition) is 2. The molecule has 1 fully saturated rings. The molecule has 0 bridgehead atoms. The van der Waals surface area contributed by atoms with E-state index in [4.69, 9.17) is 4.74 Å². The minimum Gasteiger partial charge on any atom is -0.390 e. The van der Waals surface area contributed by atoms with Gasteiger partial charge in [-0.15, -0.1) is 0 Å². The number of rotatable bonds is 3. The molecule has 0 radical (unpaired) electrons. The lowest BCUT2D eigenvalue weighted by Gasteiger charge is -2.34. The maximum absolute atomic E-state index is 10.0.